The zero-order valence-corrected chi connectivity index (χ0v) is 17.3. The number of hydrogen-bond acceptors (Lipinski definition) is 6. The van der Waals surface area contributed by atoms with Crippen LogP contribution in [0.5, 0.6) is 0 Å². The number of aryl methyl sites for hydroxylation is 1. The van der Waals surface area contributed by atoms with E-state index in [1.807, 2.05) is 19.1 Å². The van der Waals surface area contributed by atoms with Crippen LogP contribution < -0.4 is 10.6 Å². The molecule has 0 amide bonds. The quantitative estimate of drug-likeness (QED) is 0.598. The number of nitrogens with zero attached hydrogens (tertiary/aromatic N) is 3. The first-order valence-electron chi connectivity index (χ1n) is 8.87. The van der Waals surface area contributed by atoms with E-state index in [0.29, 0.717) is 16.8 Å². The maximum Gasteiger partial charge on any atom is 0.229 e. The third-order valence-electron chi connectivity index (χ3n) is 4.75. The molecule has 8 heteroatoms. The Morgan fingerprint density at radius 1 is 1.37 bits per heavy atom. The summed E-state index contributed by atoms with van der Waals surface area (Å²) in [5.41, 5.74) is 2.56. The van der Waals surface area contributed by atoms with Crippen molar-refractivity contribution in [2.24, 2.45) is 5.92 Å². The smallest absolute Gasteiger partial charge is 0.229 e. The normalized spacial score (nSPS) is 19.4. The maximum absolute atomic E-state index is 9.50. The van der Waals surface area contributed by atoms with E-state index in [4.69, 9.17) is 11.6 Å². The van der Waals surface area contributed by atoms with Gasteiger partial charge < -0.3 is 15.7 Å². The molecule has 1 aromatic heterocycles. The molecule has 0 aliphatic heterocycles. The Kier molecular flexibility index (Phi) is 6.53. The van der Waals surface area contributed by atoms with Crippen LogP contribution in [0.25, 0.3) is 0 Å². The fraction of sp³-hybridized carbons (Fsp3) is 0.421. The topological polar surface area (TPSA) is 93.9 Å². The lowest BCUT2D eigenvalue weighted by atomic mass is 9.85. The van der Waals surface area contributed by atoms with Crippen LogP contribution in [-0.2, 0) is 6.61 Å². The summed E-state index contributed by atoms with van der Waals surface area (Å²) < 4.78 is 0.884. The van der Waals surface area contributed by atoms with Crippen molar-refractivity contribution in [2.75, 3.05) is 10.6 Å². The van der Waals surface area contributed by atoms with Crippen molar-refractivity contribution in [3.05, 3.63) is 39.0 Å². The maximum atomic E-state index is 9.50. The first-order chi connectivity index (χ1) is 13.0. The number of aliphatic hydroxyl groups is 1. The number of nitriles is 1. The molecule has 1 aliphatic carbocycles. The van der Waals surface area contributed by atoms with Gasteiger partial charge in [-0.25, -0.2) is 4.98 Å². The lowest BCUT2D eigenvalue weighted by Crippen LogP contribution is -2.31. The molecule has 27 heavy (non-hydrogen) atoms. The van der Waals surface area contributed by atoms with Crippen molar-refractivity contribution in [3.63, 3.8) is 0 Å². The molecule has 1 fully saturated rings. The summed E-state index contributed by atoms with van der Waals surface area (Å²) in [5.74, 6) is 0.886. The number of benzene rings is 1. The van der Waals surface area contributed by atoms with E-state index < -0.39 is 0 Å². The summed E-state index contributed by atoms with van der Waals surface area (Å²) in [4.78, 5) is 8.73. The fourth-order valence-electron chi connectivity index (χ4n) is 3.32. The molecule has 2 aromatic rings. The molecule has 1 heterocycles. The molecule has 1 aromatic carbocycles. The number of nitrogens with one attached hydrogen (secondary N) is 2. The molecule has 0 unspecified atom stereocenters. The van der Waals surface area contributed by atoms with Crippen molar-refractivity contribution in [2.45, 2.75) is 45.3 Å². The van der Waals surface area contributed by atoms with Gasteiger partial charge in [0.05, 0.1) is 24.8 Å². The molecule has 0 spiro atoms. The largest absolute Gasteiger partial charge is 0.392 e. The van der Waals surface area contributed by atoms with Gasteiger partial charge in [-0.3, -0.25) is 0 Å². The van der Waals surface area contributed by atoms with Crippen molar-refractivity contribution >= 4 is 45.0 Å². The van der Waals surface area contributed by atoms with Crippen LogP contribution in [0.2, 0.25) is 5.02 Å². The number of halogens is 2. The number of rotatable bonds is 5. The Balaban J connectivity index is 1.81. The monoisotopic (exact) mass is 449 g/mol. The SMILES string of the molecule is Cc1cc(Nc2ncc(Cl)c(N[C@@H]3CCCC[C@H]3C#N)n2)cc(CO)c1Br. The standard InChI is InChI=1S/C19H21BrClN5O/c1-11-6-14(7-13(10-27)17(11)20)24-19-23-9-15(21)18(26-19)25-16-5-3-2-4-12(16)8-22/h6-7,9,12,16,27H,2-5,10H2,1H3,(H2,23,24,25,26)/t12-,16+/m0/s1. The van der Waals surface area contributed by atoms with Gasteiger partial charge in [0.1, 0.15) is 5.02 Å². The third-order valence-corrected chi connectivity index (χ3v) is 6.17. The molecule has 142 valence electrons. The van der Waals surface area contributed by atoms with Crippen LogP contribution in [0.4, 0.5) is 17.5 Å². The highest BCUT2D eigenvalue weighted by atomic mass is 79.9. The molecule has 3 N–H and O–H groups in total. The van der Waals surface area contributed by atoms with Gasteiger partial charge in [0, 0.05) is 16.2 Å². The second kappa shape index (κ2) is 8.87. The summed E-state index contributed by atoms with van der Waals surface area (Å²) in [5, 5.41) is 25.8. The molecule has 3 rings (SSSR count). The summed E-state index contributed by atoms with van der Waals surface area (Å²) in [6.45, 7) is 1.89. The molecule has 2 atom stereocenters. The molecule has 0 radical (unpaired) electrons. The number of aliphatic hydroxyl groups excluding tert-OH is 1. The van der Waals surface area contributed by atoms with Crippen molar-refractivity contribution in [1.82, 2.24) is 9.97 Å². The highest BCUT2D eigenvalue weighted by Gasteiger charge is 2.26. The van der Waals surface area contributed by atoms with Crippen molar-refractivity contribution < 1.29 is 5.11 Å². The van der Waals surface area contributed by atoms with E-state index in [0.717, 1.165) is 47.0 Å². The average Bonchev–Trinajstić information content (AvgIpc) is 2.67. The fourth-order valence-corrected chi connectivity index (χ4v) is 3.82. The van der Waals surface area contributed by atoms with Gasteiger partial charge in [-0.1, -0.05) is 40.4 Å². The van der Waals surface area contributed by atoms with E-state index in [-0.39, 0.29) is 18.6 Å². The molecule has 6 nitrogen and oxygen atoms in total. The highest BCUT2D eigenvalue weighted by molar-refractivity contribution is 9.10. The highest BCUT2D eigenvalue weighted by Crippen LogP contribution is 2.30. The van der Waals surface area contributed by atoms with Gasteiger partial charge in [-0.2, -0.15) is 10.2 Å². The van der Waals surface area contributed by atoms with E-state index in [9.17, 15) is 10.4 Å². The second-order valence-corrected chi connectivity index (χ2v) is 7.91. The molecule has 0 bridgehead atoms. The molecule has 0 saturated heterocycles. The minimum Gasteiger partial charge on any atom is -0.392 e. The molecule has 1 saturated carbocycles. The first-order valence-corrected chi connectivity index (χ1v) is 10.0. The Morgan fingerprint density at radius 2 is 2.15 bits per heavy atom. The number of aromatic nitrogens is 2. The number of hydrogen-bond donors (Lipinski definition) is 3. The minimum atomic E-state index is -0.0670. The van der Waals surface area contributed by atoms with Gasteiger partial charge in [0.2, 0.25) is 5.95 Å². The zero-order chi connectivity index (χ0) is 19.4. The van der Waals surface area contributed by atoms with Gasteiger partial charge in [0.25, 0.3) is 0 Å². The van der Waals surface area contributed by atoms with E-state index in [2.05, 4.69) is 42.6 Å². The third kappa shape index (κ3) is 4.70. The minimum absolute atomic E-state index is 0.0394. The predicted molar refractivity (Wildman–Crippen MR) is 110 cm³/mol. The van der Waals surface area contributed by atoms with Crippen LogP contribution in [-0.4, -0.2) is 21.1 Å². The van der Waals surface area contributed by atoms with E-state index in [1.54, 1.807) is 6.20 Å². The van der Waals surface area contributed by atoms with Crippen LogP contribution in [0.1, 0.15) is 36.8 Å². The van der Waals surface area contributed by atoms with Crippen LogP contribution in [0.15, 0.2) is 22.8 Å². The van der Waals surface area contributed by atoms with E-state index in [1.165, 1.54) is 0 Å². The summed E-state index contributed by atoms with van der Waals surface area (Å²) in [6.07, 6.45) is 5.53. The second-order valence-electron chi connectivity index (χ2n) is 6.71. The molecular weight excluding hydrogens is 430 g/mol. The summed E-state index contributed by atoms with van der Waals surface area (Å²) in [6, 6.07) is 6.21. The number of anilines is 3. The van der Waals surface area contributed by atoms with Crippen molar-refractivity contribution in [1.29, 1.82) is 5.26 Å². The lowest BCUT2D eigenvalue weighted by molar-refractivity contribution is 0.281. The zero-order valence-electron chi connectivity index (χ0n) is 15.0. The van der Waals surface area contributed by atoms with Crippen LogP contribution >= 0.6 is 27.5 Å². The van der Waals surface area contributed by atoms with Gasteiger partial charge in [-0.05, 0) is 43.0 Å². The summed E-state index contributed by atoms with van der Waals surface area (Å²) in [7, 11) is 0. The van der Waals surface area contributed by atoms with Gasteiger partial charge >= 0.3 is 0 Å². The molecule has 1 aliphatic rings. The van der Waals surface area contributed by atoms with Crippen LogP contribution in [0, 0.1) is 24.2 Å². The van der Waals surface area contributed by atoms with Gasteiger partial charge in [-0.15, -0.1) is 0 Å². The summed E-state index contributed by atoms with van der Waals surface area (Å²) >= 11 is 9.74. The van der Waals surface area contributed by atoms with E-state index >= 15 is 0 Å². The average molecular weight is 451 g/mol. The Labute approximate surface area is 172 Å². The predicted octanol–water partition coefficient (Wildman–Crippen LogP) is 4.93. The van der Waals surface area contributed by atoms with Crippen molar-refractivity contribution in [3.8, 4) is 6.07 Å². The Morgan fingerprint density at radius 3 is 2.89 bits per heavy atom. The van der Waals surface area contributed by atoms with Gasteiger partial charge in [0.15, 0.2) is 5.82 Å². The molecular formula is C19H21BrClN5O. The lowest BCUT2D eigenvalue weighted by Gasteiger charge is -2.28. The first kappa shape index (κ1) is 19.9. The van der Waals surface area contributed by atoms with Crippen LogP contribution in [0.3, 0.4) is 0 Å². The Hall–Kier alpha value is -1.88. The Bertz CT molecular complexity index is 870.